The van der Waals surface area contributed by atoms with E-state index < -0.39 is 17.7 Å². The summed E-state index contributed by atoms with van der Waals surface area (Å²) in [6, 6.07) is 15.0. The van der Waals surface area contributed by atoms with Crippen LogP contribution in [-0.2, 0) is 9.59 Å². The number of Topliss-reactive ketones (excluding diaryl/α,β-unsaturated/α-hetero) is 1. The number of aliphatic hydroxyl groups is 1. The molecule has 192 valence electrons. The van der Waals surface area contributed by atoms with Crippen molar-refractivity contribution >= 4 is 28.8 Å². The first-order valence-corrected chi connectivity index (χ1v) is 12.4. The molecule has 2 saturated heterocycles. The van der Waals surface area contributed by atoms with E-state index in [4.69, 9.17) is 13.9 Å². The van der Waals surface area contributed by atoms with Crippen LogP contribution in [-0.4, -0.2) is 44.1 Å². The topological polar surface area (TPSA) is 92.5 Å². The molecule has 2 aliphatic heterocycles. The number of ether oxygens (including phenoxy) is 2. The Morgan fingerprint density at radius 2 is 1.57 bits per heavy atom. The third-order valence-corrected chi connectivity index (χ3v) is 6.98. The number of carbonyl (C=O) groups is 2. The van der Waals surface area contributed by atoms with Crippen molar-refractivity contribution in [2.45, 2.75) is 32.2 Å². The van der Waals surface area contributed by atoms with E-state index in [0.717, 1.165) is 31.6 Å². The maximum absolute atomic E-state index is 13.4. The Bertz CT molecular complexity index is 1350. The lowest BCUT2D eigenvalue weighted by atomic mass is 9.99. The van der Waals surface area contributed by atoms with Crippen LogP contribution in [0.4, 0.5) is 11.4 Å². The van der Waals surface area contributed by atoms with Crippen LogP contribution < -0.4 is 19.3 Å². The Labute approximate surface area is 215 Å². The summed E-state index contributed by atoms with van der Waals surface area (Å²) in [5.41, 5.74) is 1.90. The number of furan rings is 1. The normalized spacial score (nSPS) is 19.4. The molecule has 1 N–H and O–H groups in total. The first kappa shape index (κ1) is 24.5. The first-order valence-electron chi connectivity index (χ1n) is 12.4. The van der Waals surface area contributed by atoms with Crippen LogP contribution in [0.5, 0.6) is 11.5 Å². The van der Waals surface area contributed by atoms with Gasteiger partial charge in [0.1, 0.15) is 23.3 Å². The zero-order chi connectivity index (χ0) is 26.1. The van der Waals surface area contributed by atoms with E-state index in [2.05, 4.69) is 4.90 Å². The molecule has 5 rings (SSSR count). The van der Waals surface area contributed by atoms with Crippen molar-refractivity contribution in [3.8, 4) is 11.5 Å². The predicted molar refractivity (Wildman–Crippen MR) is 140 cm³/mol. The number of ketones is 1. The monoisotopic (exact) mass is 502 g/mol. The van der Waals surface area contributed by atoms with Gasteiger partial charge in [-0.15, -0.1) is 0 Å². The van der Waals surface area contributed by atoms with E-state index in [0.29, 0.717) is 34.3 Å². The summed E-state index contributed by atoms with van der Waals surface area (Å²) in [7, 11) is 3.00. The Balaban J connectivity index is 1.59. The van der Waals surface area contributed by atoms with Crippen molar-refractivity contribution in [1.29, 1.82) is 0 Å². The van der Waals surface area contributed by atoms with E-state index in [1.54, 1.807) is 37.3 Å². The number of amides is 1. The Morgan fingerprint density at radius 1 is 0.892 bits per heavy atom. The summed E-state index contributed by atoms with van der Waals surface area (Å²) >= 11 is 0. The Hall–Kier alpha value is -4.20. The molecule has 1 aromatic heterocycles. The first-order chi connectivity index (χ1) is 17.9. The standard InChI is InChI=1S/C29H30N2O6/c1-18-7-13-23(37-18)26-25(27(32)19-8-14-22(35-2)24(17-19)36-3)28(33)29(34)31(26)21-11-9-20(10-12-21)30-15-5-4-6-16-30/h7-14,17,26,32H,4-6,15-16H2,1-3H3/b27-25-. The number of nitrogens with zero attached hydrogens (tertiary/aromatic N) is 2. The molecule has 8 heteroatoms. The minimum Gasteiger partial charge on any atom is -0.507 e. The predicted octanol–water partition coefficient (Wildman–Crippen LogP) is 5.22. The van der Waals surface area contributed by atoms with E-state index in [1.807, 2.05) is 24.3 Å². The van der Waals surface area contributed by atoms with Crippen molar-refractivity contribution in [1.82, 2.24) is 0 Å². The van der Waals surface area contributed by atoms with Crippen LogP contribution >= 0.6 is 0 Å². The molecule has 0 saturated carbocycles. The fourth-order valence-corrected chi connectivity index (χ4v) is 5.08. The van der Waals surface area contributed by atoms with Gasteiger partial charge in [-0.05, 0) is 80.8 Å². The average molecular weight is 503 g/mol. The lowest BCUT2D eigenvalue weighted by molar-refractivity contribution is -0.132. The Kier molecular flexibility index (Phi) is 6.65. The molecule has 3 aromatic rings. The molecule has 0 aliphatic carbocycles. The van der Waals surface area contributed by atoms with Crippen molar-refractivity contribution < 1.29 is 28.6 Å². The number of hydrogen-bond acceptors (Lipinski definition) is 7. The van der Waals surface area contributed by atoms with Crippen LogP contribution in [0.25, 0.3) is 5.76 Å². The van der Waals surface area contributed by atoms with E-state index >= 15 is 0 Å². The van der Waals surface area contributed by atoms with E-state index in [1.165, 1.54) is 25.5 Å². The highest BCUT2D eigenvalue weighted by Gasteiger charge is 2.48. The quantitative estimate of drug-likeness (QED) is 0.281. The number of aliphatic hydroxyl groups excluding tert-OH is 1. The van der Waals surface area contributed by atoms with Gasteiger partial charge in [0.25, 0.3) is 11.7 Å². The molecule has 2 aliphatic rings. The summed E-state index contributed by atoms with van der Waals surface area (Å²) < 4.78 is 16.5. The maximum Gasteiger partial charge on any atom is 0.300 e. The van der Waals surface area contributed by atoms with Gasteiger partial charge in [-0.1, -0.05) is 0 Å². The number of anilines is 2. The number of methoxy groups -OCH3 is 2. The molecule has 37 heavy (non-hydrogen) atoms. The summed E-state index contributed by atoms with van der Waals surface area (Å²) in [5, 5.41) is 11.3. The molecule has 2 aromatic carbocycles. The van der Waals surface area contributed by atoms with Gasteiger partial charge in [-0.25, -0.2) is 0 Å². The molecule has 8 nitrogen and oxygen atoms in total. The highest BCUT2D eigenvalue weighted by molar-refractivity contribution is 6.51. The second-order valence-corrected chi connectivity index (χ2v) is 9.25. The highest BCUT2D eigenvalue weighted by atomic mass is 16.5. The third-order valence-electron chi connectivity index (χ3n) is 6.98. The zero-order valence-electron chi connectivity index (χ0n) is 21.2. The number of carbonyl (C=O) groups excluding carboxylic acids is 2. The molecular formula is C29H30N2O6. The van der Waals surface area contributed by atoms with Crippen LogP contribution in [0, 0.1) is 6.92 Å². The minimum atomic E-state index is -0.928. The highest BCUT2D eigenvalue weighted by Crippen LogP contribution is 2.43. The van der Waals surface area contributed by atoms with Gasteiger partial charge in [-0.3, -0.25) is 14.5 Å². The van der Waals surface area contributed by atoms with Gasteiger partial charge in [0.05, 0.1) is 19.8 Å². The van der Waals surface area contributed by atoms with Crippen LogP contribution in [0.15, 0.2) is 64.6 Å². The fraction of sp³-hybridized carbons (Fsp3) is 0.310. The summed E-state index contributed by atoms with van der Waals surface area (Å²) in [5.74, 6) is 0.0565. The van der Waals surface area contributed by atoms with Gasteiger partial charge in [-0.2, -0.15) is 0 Å². The summed E-state index contributed by atoms with van der Waals surface area (Å²) in [6.45, 7) is 3.79. The molecule has 0 radical (unpaired) electrons. The number of benzene rings is 2. The smallest absolute Gasteiger partial charge is 0.300 e. The number of hydrogen-bond donors (Lipinski definition) is 1. The summed E-state index contributed by atoms with van der Waals surface area (Å²) in [6.07, 6.45) is 3.55. The lowest BCUT2D eigenvalue weighted by Gasteiger charge is -2.29. The van der Waals surface area contributed by atoms with Crippen molar-refractivity contribution in [2.24, 2.45) is 0 Å². The zero-order valence-corrected chi connectivity index (χ0v) is 21.2. The molecule has 0 spiro atoms. The van der Waals surface area contributed by atoms with Gasteiger partial charge in [0, 0.05) is 30.0 Å². The summed E-state index contributed by atoms with van der Waals surface area (Å²) in [4.78, 5) is 30.5. The molecule has 1 atom stereocenters. The SMILES string of the molecule is COc1ccc(/C(O)=C2/C(=O)C(=O)N(c3ccc(N4CCCCC4)cc3)C2c2ccc(C)o2)cc1OC. The van der Waals surface area contributed by atoms with E-state index in [-0.39, 0.29) is 11.3 Å². The molecule has 2 fully saturated rings. The van der Waals surface area contributed by atoms with Crippen LogP contribution in [0.1, 0.15) is 42.4 Å². The van der Waals surface area contributed by atoms with Gasteiger partial charge < -0.3 is 23.9 Å². The minimum absolute atomic E-state index is 0.0494. The second kappa shape index (κ2) is 10.0. The number of rotatable bonds is 6. The molecule has 1 amide bonds. The molecule has 3 heterocycles. The number of piperidine rings is 1. The van der Waals surface area contributed by atoms with Crippen LogP contribution in [0.2, 0.25) is 0 Å². The van der Waals surface area contributed by atoms with Gasteiger partial charge in [0.2, 0.25) is 0 Å². The molecular weight excluding hydrogens is 472 g/mol. The van der Waals surface area contributed by atoms with Crippen LogP contribution in [0.3, 0.4) is 0 Å². The third kappa shape index (κ3) is 4.43. The van der Waals surface area contributed by atoms with Crippen molar-refractivity contribution in [2.75, 3.05) is 37.1 Å². The van der Waals surface area contributed by atoms with Gasteiger partial charge in [0.15, 0.2) is 11.5 Å². The van der Waals surface area contributed by atoms with Crippen molar-refractivity contribution in [3.63, 3.8) is 0 Å². The van der Waals surface area contributed by atoms with E-state index in [9.17, 15) is 14.7 Å². The number of aryl methyl sites for hydroxylation is 1. The fourth-order valence-electron chi connectivity index (χ4n) is 5.08. The lowest BCUT2D eigenvalue weighted by Crippen LogP contribution is -2.30. The average Bonchev–Trinajstić information content (AvgIpc) is 3.48. The van der Waals surface area contributed by atoms with Gasteiger partial charge >= 0.3 is 0 Å². The molecule has 1 unspecified atom stereocenters. The maximum atomic E-state index is 13.4. The second-order valence-electron chi connectivity index (χ2n) is 9.25. The van der Waals surface area contributed by atoms with Crippen molar-refractivity contribution in [3.05, 3.63) is 77.3 Å². The largest absolute Gasteiger partial charge is 0.507 e. The molecule has 0 bridgehead atoms. The Morgan fingerprint density at radius 3 is 2.19 bits per heavy atom.